The molecule has 1 aromatic rings. The molecule has 0 unspecified atom stereocenters. The number of carbonyl (C=O) groups is 4. The Hall–Kier alpha value is -3.41. The number of rotatable bonds is 7. The van der Waals surface area contributed by atoms with Gasteiger partial charge < -0.3 is 15.4 Å². The molecule has 1 saturated heterocycles. The van der Waals surface area contributed by atoms with Crippen molar-refractivity contribution in [2.75, 3.05) is 0 Å². The average Bonchev–Trinajstić information content (AvgIpc) is 3.61. The molecular formula is C25H28N4O5. The molecule has 9 heteroatoms. The topological polar surface area (TPSA) is 137 Å². The third-order valence-corrected chi connectivity index (χ3v) is 7.88. The number of ether oxygens (including phenoxy) is 1. The lowest BCUT2D eigenvalue weighted by molar-refractivity contribution is -0.137. The Morgan fingerprint density at radius 3 is 2.56 bits per heavy atom. The number of alkyl carbamates (subject to hydrolysis) is 1. The number of imide groups is 1. The molecule has 34 heavy (non-hydrogen) atoms. The summed E-state index contributed by atoms with van der Waals surface area (Å²) < 4.78 is 5.30. The Morgan fingerprint density at radius 2 is 1.85 bits per heavy atom. The van der Waals surface area contributed by atoms with Gasteiger partial charge in [0.05, 0.1) is 17.9 Å². The van der Waals surface area contributed by atoms with E-state index in [0.29, 0.717) is 25.2 Å². The van der Waals surface area contributed by atoms with E-state index in [-0.39, 0.29) is 24.3 Å². The van der Waals surface area contributed by atoms with Crippen LogP contribution >= 0.6 is 0 Å². The van der Waals surface area contributed by atoms with Crippen LogP contribution in [0.15, 0.2) is 30.3 Å². The number of hydrogen-bond donors (Lipinski definition) is 3. The van der Waals surface area contributed by atoms with E-state index in [4.69, 9.17) is 4.74 Å². The van der Waals surface area contributed by atoms with E-state index >= 15 is 0 Å². The van der Waals surface area contributed by atoms with Crippen LogP contribution in [0.3, 0.4) is 0 Å². The van der Waals surface area contributed by atoms with Crippen LogP contribution in [0, 0.1) is 40.9 Å². The van der Waals surface area contributed by atoms with Gasteiger partial charge in [0.2, 0.25) is 17.7 Å². The van der Waals surface area contributed by atoms with Crippen LogP contribution in [0.5, 0.6) is 0 Å². The van der Waals surface area contributed by atoms with Crippen LogP contribution in [0.4, 0.5) is 4.79 Å². The van der Waals surface area contributed by atoms with Gasteiger partial charge in [-0.25, -0.2) is 4.79 Å². The SMILES string of the molecule is N#C[C@]1(NC(=O)[C@H](CC2CC2)NC(=O)OCc2ccccc2)C[C@H]2CC[C@@H]1[C@H]1C(=O)NC(=O)[C@@H]21. The highest BCUT2D eigenvalue weighted by Gasteiger charge is 2.64. The van der Waals surface area contributed by atoms with Crippen molar-refractivity contribution >= 4 is 23.8 Å². The van der Waals surface area contributed by atoms with Crippen LogP contribution < -0.4 is 16.0 Å². The van der Waals surface area contributed by atoms with Gasteiger partial charge in [-0.15, -0.1) is 0 Å². The summed E-state index contributed by atoms with van der Waals surface area (Å²) in [6, 6.07) is 10.7. The fraction of sp³-hybridized carbons (Fsp3) is 0.560. The fourth-order valence-electron chi connectivity index (χ4n) is 6.09. The summed E-state index contributed by atoms with van der Waals surface area (Å²) >= 11 is 0. The third-order valence-electron chi connectivity index (χ3n) is 7.88. The maximum absolute atomic E-state index is 13.4. The van der Waals surface area contributed by atoms with Crippen molar-refractivity contribution in [1.29, 1.82) is 5.26 Å². The highest BCUT2D eigenvalue weighted by Crippen LogP contribution is 2.55. The van der Waals surface area contributed by atoms with Gasteiger partial charge in [-0.3, -0.25) is 19.7 Å². The summed E-state index contributed by atoms with van der Waals surface area (Å²) in [7, 11) is 0. The molecule has 0 radical (unpaired) electrons. The van der Waals surface area contributed by atoms with Gasteiger partial charge in [0.25, 0.3) is 0 Å². The summed E-state index contributed by atoms with van der Waals surface area (Å²) in [5.74, 6) is -2.30. The van der Waals surface area contributed by atoms with Crippen molar-refractivity contribution in [1.82, 2.24) is 16.0 Å². The molecule has 5 aliphatic rings. The van der Waals surface area contributed by atoms with Crippen molar-refractivity contribution in [2.45, 2.75) is 56.7 Å². The lowest BCUT2D eigenvalue weighted by atomic mass is 9.52. The predicted octanol–water partition coefficient (Wildman–Crippen LogP) is 1.78. The second-order valence-corrected chi connectivity index (χ2v) is 10.1. The zero-order valence-electron chi connectivity index (χ0n) is 18.8. The molecule has 0 aromatic heterocycles. The normalized spacial score (nSPS) is 32.2. The van der Waals surface area contributed by atoms with Gasteiger partial charge in [0.15, 0.2) is 0 Å². The minimum Gasteiger partial charge on any atom is -0.445 e. The summed E-state index contributed by atoms with van der Waals surface area (Å²) in [6.07, 6.45) is 3.43. The lowest BCUT2D eigenvalue weighted by Crippen LogP contribution is -2.66. The molecule has 1 heterocycles. The first-order valence-corrected chi connectivity index (χ1v) is 12.0. The van der Waals surface area contributed by atoms with Gasteiger partial charge >= 0.3 is 6.09 Å². The first kappa shape index (κ1) is 22.4. The molecule has 6 atom stereocenters. The van der Waals surface area contributed by atoms with Crippen molar-refractivity contribution in [2.24, 2.45) is 29.6 Å². The summed E-state index contributed by atoms with van der Waals surface area (Å²) in [5, 5.41) is 18.2. The Bertz CT molecular complexity index is 1050. The van der Waals surface area contributed by atoms with Crippen LogP contribution in [0.1, 0.15) is 44.1 Å². The first-order valence-electron chi connectivity index (χ1n) is 12.0. The number of nitriles is 1. The van der Waals surface area contributed by atoms with Crippen LogP contribution in [-0.2, 0) is 25.7 Å². The zero-order chi connectivity index (χ0) is 23.9. The number of fused-ring (bicyclic) bond motifs is 2. The van der Waals surface area contributed by atoms with E-state index < -0.39 is 41.3 Å². The number of amides is 4. The Morgan fingerprint density at radius 1 is 1.12 bits per heavy atom. The largest absolute Gasteiger partial charge is 0.445 e. The minimum atomic E-state index is -1.24. The highest BCUT2D eigenvalue weighted by molar-refractivity contribution is 6.06. The number of nitrogens with one attached hydrogen (secondary N) is 3. The van der Waals surface area contributed by atoms with Gasteiger partial charge in [-0.2, -0.15) is 5.26 Å². The minimum absolute atomic E-state index is 0.0858. The second kappa shape index (κ2) is 8.75. The van der Waals surface area contributed by atoms with Gasteiger partial charge in [0, 0.05) is 5.92 Å². The van der Waals surface area contributed by atoms with Crippen molar-refractivity contribution in [3.63, 3.8) is 0 Å². The molecule has 1 aromatic carbocycles. The molecule has 178 valence electrons. The van der Waals surface area contributed by atoms with E-state index in [9.17, 15) is 24.4 Å². The molecule has 4 amide bonds. The summed E-state index contributed by atoms with van der Waals surface area (Å²) in [6.45, 7) is 0.0858. The van der Waals surface area contributed by atoms with Crippen LogP contribution in [0.25, 0.3) is 0 Å². The number of hydrogen-bond acceptors (Lipinski definition) is 6. The number of nitrogens with zero attached hydrogens (tertiary/aromatic N) is 1. The van der Waals surface area contributed by atoms with Gasteiger partial charge in [0.1, 0.15) is 18.2 Å². The average molecular weight is 465 g/mol. The predicted molar refractivity (Wildman–Crippen MR) is 118 cm³/mol. The van der Waals surface area contributed by atoms with Crippen molar-refractivity contribution in [3.05, 3.63) is 35.9 Å². The smallest absolute Gasteiger partial charge is 0.408 e. The highest BCUT2D eigenvalue weighted by atomic mass is 16.5. The van der Waals surface area contributed by atoms with Crippen LogP contribution in [0.2, 0.25) is 0 Å². The summed E-state index contributed by atoms with van der Waals surface area (Å²) in [4.78, 5) is 50.6. The molecule has 4 saturated carbocycles. The van der Waals surface area contributed by atoms with Gasteiger partial charge in [-0.05, 0) is 43.1 Å². The first-order chi connectivity index (χ1) is 16.4. The van der Waals surface area contributed by atoms with E-state index in [2.05, 4.69) is 22.0 Å². The second-order valence-electron chi connectivity index (χ2n) is 10.1. The standard InChI is InChI=1S/C25H28N4O5/c26-13-25(11-16-8-9-17(25)20-19(16)22(31)28-23(20)32)29-21(30)18(10-14-6-7-14)27-24(33)34-12-15-4-2-1-3-5-15/h1-5,14,16-20H,6-12H2,(H,27,33)(H,29,30)(H,28,31,32)/t16-,17-,18+,19+,20-,25-/m1/s1. The Labute approximate surface area is 197 Å². The molecule has 0 spiro atoms. The lowest BCUT2D eigenvalue weighted by Gasteiger charge is -2.52. The molecule has 6 rings (SSSR count). The maximum atomic E-state index is 13.4. The summed E-state index contributed by atoms with van der Waals surface area (Å²) in [5.41, 5.74) is -0.401. The molecule has 9 nitrogen and oxygen atoms in total. The van der Waals surface area contributed by atoms with Gasteiger partial charge in [-0.1, -0.05) is 43.2 Å². The Balaban J connectivity index is 1.28. The molecular weight excluding hydrogens is 436 g/mol. The van der Waals surface area contributed by atoms with Crippen LogP contribution in [-0.4, -0.2) is 35.4 Å². The van der Waals surface area contributed by atoms with E-state index in [1.54, 1.807) is 0 Å². The van der Waals surface area contributed by atoms with E-state index in [0.717, 1.165) is 24.8 Å². The Kier molecular flexibility index (Phi) is 5.76. The fourth-order valence-corrected chi connectivity index (χ4v) is 6.09. The molecule has 3 N–H and O–H groups in total. The third kappa shape index (κ3) is 4.13. The van der Waals surface area contributed by atoms with Crippen molar-refractivity contribution in [3.8, 4) is 6.07 Å². The van der Waals surface area contributed by atoms with Crippen molar-refractivity contribution < 1.29 is 23.9 Å². The van der Waals surface area contributed by atoms with E-state index in [1.807, 2.05) is 30.3 Å². The quantitative estimate of drug-likeness (QED) is 0.526. The molecule has 5 fully saturated rings. The maximum Gasteiger partial charge on any atom is 0.408 e. The monoisotopic (exact) mass is 464 g/mol. The molecule has 1 aliphatic heterocycles. The van der Waals surface area contributed by atoms with E-state index in [1.165, 1.54) is 0 Å². The molecule has 2 bridgehead atoms. The zero-order valence-corrected chi connectivity index (χ0v) is 18.8. The number of benzene rings is 1. The number of carbonyl (C=O) groups excluding carboxylic acids is 4. The molecule has 4 aliphatic carbocycles.